The van der Waals surface area contributed by atoms with Crippen LogP contribution in [0.1, 0.15) is 90.1 Å². The molecule has 2 amide bonds. The van der Waals surface area contributed by atoms with Crippen LogP contribution in [-0.2, 0) is 180 Å². The van der Waals surface area contributed by atoms with Crippen molar-refractivity contribution in [2.45, 2.75) is 249 Å². The first-order valence-corrected chi connectivity index (χ1v) is 40.0. The number of ether oxygens (including phenoxy) is 22. The van der Waals surface area contributed by atoms with Crippen molar-refractivity contribution in [1.82, 2.24) is 10.6 Å². The molecule has 10 rings (SSSR count). The van der Waals surface area contributed by atoms with Crippen molar-refractivity contribution >= 4 is 65.2 Å². The summed E-state index contributed by atoms with van der Waals surface area (Å²) in [5.74, 6) is -9.18. The van der Waals surface area contributed by atoms with Gasteiger partial charge in [-0.2, -0.15) is 0 Å². The van der Waals surface area contributed by atoms with Crippen LogP contribution in [0.5, 0.6) is 0 Å². The number of hydrogen-bond acceptors (Lipinski definition) is 32. The molecule has 0 radical (unpaired) electrons. The minimum Gasteiger partial charge on any atom is -0.463 e. The number of nitrogens with one attached hydrogen (secondary N) is 2. The first kappa shape index (κ1) is 94.0. The Balaban J connectivity index is 1.19. The van der Waals surface area contributed by atoms with Gasteiger partial charge in [-0.25, -0.2) is 0 Å². The number of rotatable bonds is 40. The number of amides is 2. The minimum atomic E-state index is -2.14. The zero-order valence-corrected chi connectivity index (χ0v) is 69.2. The molecule has 0 aromatic heterocycles. The van der Waals surface area contributed by atoms with Gasteiger partial charge in [0.15, 0.2) is 62.0 Å². The van der Waals surface area contributed by atoms with Gasteiger partial charge in [0, 0.05) is 55.4 Å². The maximum absolute atomic E-state index is 14.9. The van der Waals surface area contributed by atoms with Crippen molar-refractivity contribution in [2.24, 2.45) is 0 Å². The van der Waals surface area contributed by atoms with Crippen molar-refractivity contribution in [3.8, 4) is 0 Å². The van der Waals surface area contributed by atoms with E-state index in [2.05, 4.69) is 17.2 Å². The fraction of sp³-hybridized carbons (Fsp3) is 0.523. The van der Waals surface area contributed by atoms with Gasteiger partial charge in [0.2, 0.25) is 11.8 Å². The molecule has 3 N–H and O–H groups in total. The number of alkyl halides is 1. The fourth-order valence-corrected chi connectivity index (χ4v) is 14.6. The molecule has 0 bridgehead atoms. The summed E-state index contributed by atoms with van der Waals surface area (Å²) in [5.41, 5.74) is 3.54. The highest BCUT2D eigenvalue weighted by Gasteiger charge is 2.62. The lowest BCUT2D eigenvalue weighted by Crippen LogP contribution is -2.72. The number of hydrogen-bond donors (Lipinski definition) is 3. The number of aliphatic hydroxyl groups excluding tert-OH is 1. The van der Waals surface area contributed by atoms with Crippen LogP contribution < -0.4 is 10.6 Å². The van der Waals surface area contributed by atoms with Crippen LogP contribution in [-0.4, -0.2) is 251 Å². The molecular formula is C86H105ClN2O32. The summed E-state index contributed by atoms with van der Waals surface area (Å²) in [6.45, 7) is 11.0. The highest BCUT2D eigenvalue weighted by molar-refractivity contribution is 6.27. The second-order valence-corrected chi connectivity index (χ2v) is 29.4. The van der Waals surface area contributed by atoms with Gasteiger partial charge in [-0.1, -0.05) is 158 Å². The van der Waals surface area contributed by atoms with E-state index in [0.29, 0.717) is 11.1 Å². The molecule has 0 saturated carbocycles. The van der Waals surface area contributed by atoms with Gasteiger partial charge in [0.1, 0.15) is 104 Å². The molecule has 5 saturated heterocycles. The van der Waals surface area contributed by atoms with Gasteiger partial charge < -0.3 is 120 Å². The average Bonchev–Trinajstić information content (AvgIpc) is 0.751. The van der Waals surface area contributed by atoms with Gasteiger partial charge in [-0.15, -0.1) is 18.2 Å². The smallest absolute Gasteiger partial charge is 0.303 e. The van der Waals surface area contributed by atoms with Crippen molar-refractivity contribution in [3.63, 3.8) is 0 Å². The number of carbonyl (C=O) groups is 9. The lowest BCUT2D eigenvalue weighted by molar-refractivity contribution is -0.393. The zero-order chi connectivity index (χ0) is 86.7. The summed E-state index contributed by atoms with van der Waals surface area (Å²) in [6.07, 6.45) is -38.0. The van der Waals surface area contributed by atoms with E-state index in [4.69, 9.17) is 116 Å². The Morgan fingerprint density at radius 3 is 1.16 bits per heavy atom. The first-order chi connectivity index (χ1) is 58.2. The van der Waals surface area contributed by atoms with Crippen LogP contribution in [0.3, 0.4) is 0 Å². The van der Waals surface area contributed by atoms with Gasteiger partial charge >= 0.3 is 41.8 Å². The molecule has 5 heterocycles. The lowest BCUT2D eigenvalue weighted by atomic mass is 9.93. The molecule has 34 nitrogen and oxygen atoms in total. The minimum absolute atomic E-state index is 0.00303. The van der Waals surface area contributed by atoms with E-state index in [1.54, 1.807) is 73.7 Å². The van der Waals surface area contributed by atoms with E-state index < -0.39 is 233 Å². The number of esters is 7. The molecule has 0 spiro atoms. The SMILES string of the molecule is C=CCO[C@@H]1O[C@H](COCc2ccccc2)[C@@H](O[C@@H]2O[C@H](COC(C)=O)[C@H](OC(C)=O)[C@H](O[C@@H]3O[C@H](COCc4ccccc4)[C@@H](O[C@@H]4O[C@H](COC(C)=O)[C@@H](OC(C)=O)[C@H](OC(C)=O)[C@H]4OC(C)=O)[C@H](O[C@@H]4O[C@@H](C)[C@@H](OCc5ccccc5)[C@@H](OCc5ccccc5)[C@@H]4OCc4ccccc4)[C@H]3NC(=O)CCl)[C@H]2OC(C)=O)[C@H](O)[C@H]1NC(C)=O. The van der Waals surface area contributed by atoms with Crippen molar-refractivity contribution in [1.29, 1.82) is 0 Å². The Morgan fingerprint density at radius 1 is 0.364 bits per heavy atom. The van der Waals surface area contributed by atoms with Crippen LogP contribution in [0.25, 0.3) is 0 Å². The Labute approximate surface area is 705 Å². The molecule has 25 atom stereocenters. The largest absolute Gasteiger partial charge is 0.463 e. The first-order valence-electron chi connectivity index (χ1n) is 39.5. The normalized spacial score (nSPS) is 30.2. The summed E-state index contributed by atoms with van der Waals surface area (Å²) in [5, 5.41) is 18.3. The second kappa shape index (κ2) is 46.8. The van der Waals surface area contributed by atoms with Crippen molar-refractivity contribution in [2.75, 3.05) is 38.9 Å². The van der Waals surface area contributed by atoms with Crippen LogP contribution >= 0.6 is 11.6 Å². The molecule has 658 valence electrons. The van der Waals surface area contributed by atoms with Crippen LogP contribution in [0.15, 0.2) is 164 Å². The van der Waals surface area contributed by atoms with Crippen LogP contribution in [0.2, 0.25) is 0 Å². The summed E-state index contributed by atoms with van der Waals surface area (Å²) in [4.78, 5) is 122. The maximum Gasteiger partial charge on any atom is 0.303 e. The molecule has 121 heavy (non-hydrogen) atoms. The van der Waals surface area contributed by atoms with Crippen LogP contribution in [0, 0.1) is 0 Å². The highest BCUT2D eigenvalue weighted by Crippen LogP contribution is 2.42. The third kappa shape index (κ3) is 27.6. The Hall–Kier alpha value is -9.28. The molecule has 5 aliphatic heterocycles. The van der Waals surface area contributed by atoms with Gasteiger partial charge in [-0.05, 0) is 34.7 Å². The lowest BCUT2D eigenvalue weighted by Gasteiger charge is -2.53. The summed E-state index contributed by atoms with van der Waals surface area (Å²) in [6, 6.07) is 42.1. The zero-order valence-electron chi connectivity index (χ0n) is 68.4. The van der Waals surface area contributed by atoms with Crippen molar-refractivity contribution < 1.29 is 152 Å². The number of aliphatic hydroxyl groups is 1. The van der Waals surface area contributed by atoms with E-state index in [-0.39, 0.29) is 46.2 Å². The van der Waals surface area contributed by atoms with Gasteiger partial charge in [0.05, 0.1) is 59.0 Å². The third-order valence-corrected chi connectivity index (χ3v) is 19.9. The van der Waals surface area contributed by atoms with E-state index in [1.165, 1.54) is 13.0 Å². The topological polar surface area (TPSA) is 401 Å². The number of carbonyl (C=O) groups excluding carboxylic acids is 9. The van der Waals surface area contributed by atoms with Gasteiger partial charge in [0.25, 0.3) is 0 Å². The van der Waals surface area contributed by atoms with E-state index >= 15 is 0 Å². The highest BCUT2D eigenvalue weighted by atomic mass is 35.5. The number of halogens is 1. The molecule has 0 unspecified atom stereocenters. The molecule has 5 aromatic rings. The molecule has 35 heteroatoms. The Morgan fingerprint density at radius 2 is 0.719 bits per heavy atom. The summed E-state index contributed by atoms with van der Waals surface area (Å²) < 4.78 is 144. The fourth-order valence-electron chi connectivity index (χ4n) is 14.5. The van der Waals surface area contributed by atoms with E-state index in [9.17, 15) is 48.3 Å². The molecular weight excluding hydrogens is 1610 g/mol. The van der Waals surface area contributed by atoms with E-state index in [0.717, 1.165) is 65.2 Å². The monoisotopic (exact) mass is 1710 g/mol. The quantitative estimate of drug-likeness (QED) is 0.0177. The standard InChI is InChI=1S/C86H105ClN2O32/c1-11-37-102-82-67(88-49(3)90)69(99)71(62(114-82)44-100-39-57-27-17-12-18-28-57)118-85-81(113-56(10)97)78(74(110-53(7)94)65(116-85)47-104-51(5)92)121-83-68(89-66(98)38-87)75(120-84-79(107-43-61-35-25-16-26-36-61)76(106-42-60-33-23-15-24-34-60)70(48(2)108-84)105-41-59-31-21-14-22-32-59)72(63(115-83)45-101-40-58-29-19-13-20-30-58)119-86-80(112-55(9)96)77(111-54(8)95)73(109-52(6)93)64(117-86)46-103-50(4)91/h11-36,48,62-65,67-86,99H,1,37-47H2,2-10H3,(H,88,90)(H,89,98)/t48-,62+,63+,64+,65+,67+,68+,69+,70+,71+,72+,73+,74-,75+,76+,77-,78-,79-,80+,81+,82+,83-,84-,85-,86-/m0/s1. The van der Waals surface area contributed by atoms with E-state index in [1.807, 2.05) is 84.9 Å². The van der Waals surface area contributed by atoms with Crippen molar-refractivity contribution in [3.05, 3.63) is 192 Å². The Kier molecular flexibility index (Phi) is 36.4. The summed E-state index contributed by atoms with van der Waals surface area (Å²) in [7, 11) is 0. The van der Waals surface area contributed by atoms with Crippen LogP contribution in [0.4, 0.5) is 0 Å². The number of benzene rings is 5. The second-order valence-electron chi connectivity index (χ2n) is 29.1. The molecule has 0 aliphatic carbocycles. The third-order valence-electron chi connectivity index (χ3n) is 19.6. The Bertz CT molecular complexity index is 4130. The molecule has 5 aliphatic rings. The average molecular weight is 1710 g/mol. The predicted molar refractivity (Wildman–Crippen MR) is 419 cm³/mol. The predicted octanol–water partition coefficient (Wildman–Crippen LogP) is 5.94. The maximum atomic E-state index is 14.9. The molecule has 5 aromatic carbocycles. The molecule has 5 fully saturated rings. The summed E-state index contributed by atoms with van der Waals surface area (Å²) >= 11 is 6.58. The van der Waals surface area contributed by atoms with Gasteiger partial charge in [-0.3, -0.25) is 43.2 Å².